The number of sulfonamides is 1. The number of benzene rings is 1. The molecule has 0 saturated heterocycles. The zero-order valence-corrected chi connectivity index (χ0v) is 12.6. The van der Waals surface area contributed by atoms with Crippen LogP contribution in [0.15, 0.2) is 45.7 Å². The number of hydrogen-bond acceptors (Lipinski definition) is 5. The van der Waals surface area contributed by atoms with Gasteiger partial charge < -0.3 is 14.3 Å². The molecule has 6 nitrogen and oxygen atoms in total. The van der Waals surface area contributed by atoms with E-state index in [0.717, 1.165) is 0 Å². The molecule has 0 amide bonds. The average molecular weight is 311 g/mol. The number of aryl methyl sites for hydroxylation is 1. The van der Waals surface area contributed by atoms with Gasteiger partial charge in [-0.2, -0.15) is 0 Å². The monoisotopic (exact) mass is 311 g/mol. The van der Waals surface area contributed by atoms with Gasteiger partial charge in [-0.3, -0.25) is 0 Å². The Bertz CT molecular complexity index is 708. The minimum atomic E-state index is -3.78. The second kappa shape index (κ2) is 6.30. The van der Waals surface area contributed by atoms with E-state index in [1.807, 2.05) is 0 Å². The van der Waals surface area contributed by atoms with E-state index in [1.165, 1.54) is 13.2 Å². The standard InChI is InChI=1S/C14H17NO5S/c1-10-7-8-12(20-10)11(16)9-15-21(17,18)14-6-4-3-5-13(14)19-2/h3-8,11,15-16H,9H2,1-2H3. The normalized spacial score (nSPS) is 13.1. The highest BCUT2D eigenvalue weighted by Crippen LogP contribution is 2.23. The van der Waals surface area contributed by atoms with Gasteiger partial charge in [-0.05, 0) is 31.2 Å². The molecule has 0 radical (unpaired) electrons. The van der Waals surface area contributed by atoms with Crippen molar-refractivity contribution in [3.63, 3.8) is 0 Å². The largest absolute Gasteiger partial charge is 0.495 e. The lowest BCUT2D eigenvalue weighted by atomic mass is 10.3. The van der Waals surface area contributed by atoms with Crippen molar-refractivity contribution in [2.24, 2.45) is 0 Å². The molecule has 1 atom stereocenters. The number of para-hydroxylation sites is 1. The molecule has 1 aromatic heterocycles. The van der Waals surface area contributed by atoms with Gasteiger partial charge in [-0.15, -0.1) is 0 Å². The Morgan fingerprint density at radius 2 is 2.00 bits per heavy atom. The number of aliphatic hydroxyl groups is 1. The van der Waals surface area contributed by atoms with E-state index in [0.29, 0.717) is 11.5 Å². The molecule has 0 bridgehead atoms. The summed E-state index contributed by atoms with van der Waals surface area (Å²) in [5, 5.41) is 9.92. The number of hydrogen-bond donors (Lipinski definition) is 2. The van der Waals surface area contributed by atoms with Crippen LogP contribution in [0.5, 0.6) is 5.75 Å². The molecule has 2 N–H and O–H groups in total. The van der Waals surface area contributed by atoms with E-state index in [9.17, 15) is 13.5 Å². The van der Waals surface area contributed by atoms with E-state index in [-0.39, 0.29) is 17.2 Å². The number of ether oxygens (including phenoxy) is 1. The lowest BCUT2D eigenvalue weighted by Gasteiger charge is -2.12. The maximum absolute atomic E-state index is 12.2. The van der Waals surface area contributed by atoms with Crippen LogP contribution in [-0.2, 0) is 10.0 Å². The van der Waals surface area contributed by atoms with Crippen LogP contribution in [0.25, 0.3) is 0 Å². The highest BCUT2D eigenvalue weighted by Gasteiger charge is 2.21. The molecule has 2 rings (SSSR count). The summed E-state index contributed by atoms with van der Waals surface area (Å²) in [6, 6.07) is 9.58. The van der Waals surface area contributed by atoms with Crippen molar-refractivity contribution in [3.8, 4) is 5.75 Å². The summed E-state index contributed by atoms with van der Waals surface area (Å²) < 4.78 is 37.1. The Kier molecular flexibility index (Phi) is 4.66. The van der Waals surface area contributed by atoms with Crippen molar-refractivity contribution in [3.05, 3.63) is 47.9 Å². The van der Waals surface area contributed by atoms with Gasteiger partial charge in [0.1, 0.15) is 28.3 Å². The van der Waals surface area contributed by atoms with Crippen LogP contribution in [0.4, 0.5) is 0 Å². The number of nitrogens with one attached hydrogen (secondary N) is 1. The van der Waals surface area contributed by atoms with Gasteiger partial charge >= 0.3 is 0 Å². The van der Waals surface area contributed by atoms with Gasteiger partial charge in [0.25, 0.3) is 0 Å². The molecular formula is C14H17NO5S. The van der Waals surface area contributed by atoms with Crippen molar-refractivity contribution in [2.45, 2.75) is 17.9 Å². The maximum atomic E-state index is 12.2. The summed E-state index contributed by atoms with van der Waals surface area (Å²) >= 11 is 0. The Morgan fingerprint density at radius 1 is 1.29 bits per heavy atom. The molecule has 0 saturated carbocycles. The zero-order chi connectivity index (χ0) is 15.5. The van der Waals surface area contributed by atoms with Gasteiger partial charge in [0.05, 0.1) is 7.11 Å². The summed E-state index contributed by atoms with van der Waals surface area (Å²) in [4.78, 5) is 0.0234. The molecule has 7 heteroatoms. The maximum Gasteiger partial charge on any atom is 0.244 e. The first-order valence-corrected chi connectivity index (χ1v) is 7.79. The molecule has 0 spiro atoms. The lowest BCUT2D eigenvalue weighted by molar-refractivity contribution is 0.152. The minimum absolute atomic E-state index is 0.0234. The first-order chi connectivity index (χ1) is 9.94. The second-order valence-corrected chi connectivity index (χ2v) is 6.20. The van der Waals surface area contributed by atoms with Crippen LogP contribution in [0, 0.1) is 6.92 Å². The van der Waals surface area contributed by atoms with E-state index < -0.39 is 16.1 Å². The van der Waals surface area contributed by atoms with Crippen LogP contribution in [0.2, 0.25) is 0 Å². The second-order valence-electron chi connectivity index (χ2n) is 4.47. The topological polar surface area (TPSA) is 88.8 Å². The van der Waals surface area contributed by atoms with Crippen LogP contribution >= 0.6 is 0 Å². The van der Waals surface area contributed by atoms with E-state index in [2.05, 4.69) is 4.72 Å². The van der Waals surface area contributed by atoms with Crippen LogP contribution in [0.3, 0.4) is 0 Å². The van der Waals surface area contributed by atoms with E-state index in [1.54, 1.807) is 37.3 Å². The van der Waals surface area contributed by atoms with Crippen molar-refractivity contribution in [2.75, 3.05) is 13.7 Å². The van der Waals surface area contributed by atoms with Crippen molar-refractivity contribution in [1.29, 1.82) is 0 Å². The Morgan fingerprint density at radius 3 is 2.62 bits per heavy atom. The molecule has 1 unspecified atom stereocenters. The Labute approximate surface area is 123 Å². The minimum Gasteiger partial charge on any atom is -0.495 e. The molecule has 2 aromatic rings. The van der Waals surface area contributed by atoms with Gasteiger partial charge in [-0.1, -0.05) is 12.1 Å². The van der Waals surface area contributed by atoms with Crippen molar-refractivity contribution in [1.82, 2.24) is 4.72 Å². The number of aliphatic hydroxyl groups excluding tert-OH is 1. The molecule has 21 heavy (non-hydrogen) atoms. The zero-order valence-electron chi connectivity index (χ0n) is 11.7. The van der Waals surface area contributed by atoms with Gasteiger partial charge in [0, 0.05) is 6.54 Å². The predicted octanol–water partition coefficient (Wildman–Crippen LogP) is 1.61. The fourth-order valence-electron chi connectivity index (χ4n) is 1.84. The third-order valence-corrected chi connectivity index (χ3v) is 4.38. The highest BCUT2D eigenvalue weighted by molar-refractivity contribution is 7.89. The van der Waals surface area contributed by atoms with E-state index >= 15 is 0 Å². The van der Waals surface area contributed by atoms with Crippen LogP contribution < -0.4 is 9.46 Å². The molecular weight excluding hydrogens is 294 g/mol. The first-order valence-electron chi connectivity index (χ1n) is 6.31. The van der Waals surface area contributed by atoms with Crippen LogP contribution in [0.1, 0.15) is 17.6 Å². The first kappa shape index (κ1) is 15.6. The molecule has 114 valence electrons. The van der Waals surface area contributed by atoms with Gasteiger partial charge in [0.15, 0.2) is 0 Å². The fraction of sp³-hybridized carbons (Fsp3) is 0.286. The molecule has 1 aromatic carbocycles. The molecule has 0 aliphatic rings. The van der Waals surface area contributed by atoms with E-state index in [4.69, 9.17) is 9.15 Å². The predicted molar refractivity (Wildman–Crippen MR) is 76.6 cm³/mol. The highest BCUT2D eigenvalue weighted by atomic mass is 32.2. The molecule has 0 fully saturated rings. The third-order valence-electron chi connectivity index (χ3n) is 2.91. The van der Waals surface area contributed by atoms with Crippen LogP contribution in [-0.4, -0.2) is 27.2 Å². The summed E-state index contributed by atoms with van der Waals surface area (Å²) in [5.74, 6) is 1.21. The Balaban J connectivity index is 2.11. The molecule has 0 aliphatic heterocycles. The number of methoxy groups -OCH3 is 1. The summed E-state index contributed by atoms with van der Waals surface area (Å²) in [6.45, 7) is 1.56. The van der Waals surface area contributed by atoms with Crippen molar-refractivity contribution < 1.29 is 22.7 Å². The summed E-state index contributed by atoms with van der Waals surface area (Å²) in [5.41, 5.74) is 0. The van der Waals surface area contributed by atoms with Crippen molar-refractivity contribution >= 4 is 10.0 Å². The number of rotatable bonds is 6. The quantitative estimate of drug-likeness (QED) is 0.846. The third kappa shape index (κ3) is 3.63. The summed E-state index contributed by atoms with van der Waals surface area (Å²) in [7, 11) is -2.38. The lowest BCUT2D eigenvalue weighted by Crippen LogP contribution is -2.28. The number of furan rings is 1. The molecule has 0 aliphatic carbocycles. The van der Waals surface area contributed by atoms with Gasteiger partial charge in [-0.25, -0.2) is 13.1 Å². The Hall–Kier alpha value is -1.83. The average Bonchev–Trinajstić information content (AvgIpc) is 2.91. The smallest absolute Gasteiger partial charge is 0.244 e. The fourth-order valence-corrected chi connectivity index (χ4v) is 3.05. The summed E-state index contributed by atoms with van der Waals surface area (Å²) in [6.07, 6.45) is -1.05. The van der Waals surface area contributed by atoms with Gasteiger partial charge in [0.2, 0.25) is 10.0 Å². The molecule has 1 heterocycles. The SMILES string of the molecule is COc1ccccc1S(=O)(=O)NCC(O)c1ccc(C)o1.